The topological polar surface area (TPSA) is 46.2 Å². The molecular formula is C10H18O5. The maximum absolute atomic E-state index is 5.77. The third-order valence-corrected chi connectivity index (χ3v) is 3.22. The van der Waals surface area contributed by atoms with Gasteiger partial charge in [0.2, 0.25) is 0 Å². The molecular weight excluding hydrogens is 200 g/mol. The molecule has 2 rings (SSSR count). The van der Waals surface area contributed by atoms with E-state index in [2.05, 4.69) is 0 Å². The molecule has 0 saturated carbocycles. The van der Waals surface area contributed by atoms with Gasteiger partial charge < -0.3 is 23.7 Å². The lowest BCUT2D eigenvalue weighted by Crippen LogP contribution is -2.61. The molecule has 5 atom stereocenters. The molecule has 0 N–H and O–H groups in total. The average Bonchev–Trinajstić information content (AvgIpc) is 2.57. The number of ether oxygens (including phenoxy) is 5. The third kappa shape index (κ3) is 1.59. The molecule has 2 saturated heterocycles. The summed E-state index contributed by atoms with van der Waals surface area (Å²) >= 11 is 0. The van der Waals surface area contributed by atoms with Crippen molar-refractivity contribution >= 4 is 0 Å². The van der Waals surface area contributed by atoms with Crippen LogP contribution in [0.5, 0.6) is 0 Å². The van der Waals surface area contributed by atoms with Crippen molar-refractivity contribution in [2.75, 3.05) is 27.9 Å². The first-order valence-electron chi connectivity index (χ1n) is 5.06. The largest absolute Gasteiger partial charge is 0.376 e. The van der Waals surface area contributed by atoms with Crippen LogP contribution in [-0.2, 0) is 23.7 Å². The second kappa shape index (κ2) is 3.99. The molecule has 0 spiro atoms. The van der Waals surface area contributed by atoms with E-state index in [1.54, 1.807) is 21.3 Å². The molecule has 2 aliphatic heterocycles. The Kier molecular flexibility index (Phi) is 3.00. The van der Waals surface area contributed by atoms with Gasteiger partial charge in [-0.3, -0.25) is 0 Å². The van der Waals surface area contributed by atoms with Crippen LogP contribution in [0.4, 0.5) is 0 Å². The van der Waals surface area contributed by atoms with Crippen LogP contribution in [0.15, 0.2) is 0 Å². The zero-order valence-electron chi connectivity index (χ0n) is 9.56. The Hall–Kier alpha value is -0.200. The molecule has 0 unspecified atom stereocenters. The highest BCUT2D eigenvalue weighted by Gasteiger charge is 2.58. The van der Waals surface area contributed by atoms with Crippen LogP contribution < -0.4 is 0 Å². The second-order valence-corrected chi connectivity index (χ2v) is 4.04. The fourth-order valence-corrected chi connectivity index (χ4v) is 2.50. The molecule has 0 aromatic carbocycles. The van der Waals surface area contributed by atoms with Gasteiger partial charge in [-0.05, 0) is 6.92 Å². The Morgan fingerprint density at radius 3 is 2.27 bits per heavy atom. The zero-order chi connectivity index (χ0) is 11.1. The average molecular weight is 218 g/mol. The lowest BCUT2D eigenvalue weighted by molar-refractivity contribution is -0.298. The van der Waals surface area contributed by atoms with Crippen molar-refractivity contribution in [3.63, 3.8) is 0 Å². The first-order chi connectivity index (χ1) is 7.16. The summed E-state index contributed by atoms with van der Waals surface area (Å²) in [5, 5.41) is 0. The molecule has 0 amide bonds. The summed E-state index contributed by atoms with van der Waals surface area (Å²) in [6, 6.07) is 0. The van der Waals surface area contributed by atoms with E-state index in [1.165, 1.54) is 0 Å². The van der Waals surface area contributed by atoms with Crippen LogP contribution in [0.3, 0.4) is 0 Å². The van der Waals surface area contributed by atoms with Crippen LogP contribution in [-0.4, -0.2) is 58.1 Å². The molecule has 2 heterocycles. The van der Waals surface area contributed by atoms with Gasteiger partial charge in [-0.1, -0.05) is 0 Å². The molecule has 2 aliphatic rings. The Bertz CT molecular complexity index is 234. The number of rotatable bonds is 3. The van der Waals surface area contributed by atoms with Gasteiger partial charge in [0.15, 0.2) is 5.79 Å². The quantitative estimate of drug-likeness (QED) is 0.676. The standard InChI is InChI=1S/C10H18O5/c1-10-9(13-4)8(12-3)7(11-2)6(15-10)5-14-10/h6-9H,5H2,1-4H3/t6-,7+,8+,9-,10+/m1/s1. The van der Waals surface area contributed by atoms with Gasteiger partial charge in [-0.25, -0.2) is 0 Å². The molecule has 0 radical (unpaired) electrons. The summed E-state index contributed by atoms with van der Waals surface area (Å²) in [6.07, 6.45) is -0.649. The second-order valence-electron chi connectivity index (χ2n) is 4.04. The third-order valence-electron chi connectivity index (χ3n) is 3.22. The van der Waals surface area contributed by atoms with Crippen molar-refractivity contribution in [2.45, 2.75) is 37.1 Å². The van der Waals surface area contributed by atoms with E-state index in [0.717, 1.165) is 0 Å². The predicted molar refractivity (Wildman–Crippen MR) is 51.6 cm³/mol. The molecule has 5 heteroatoms. The van der Waals surface area contributed by atoms with E-state index in [0.29, 0.717) is 6.61 Å². The van der Waals surface area contributed by atoms with Gasteiger partial charge in [0.05, 0.1) is 6.61 Å². The normalized spacial score (nSPS) is 49.6. The maximum Gasteiger partial charge on any atom is 0.195 e. The summed E-state index contributed by atoms with van der Waals surface area (Å²) < 4.78 is 27.6. The molecule has 88 valence electrons. The van der Waals surface area contributed by atoms with Crippen molar-refractivity contribution in [3.8, 4) is 0 Å². The highest BCUT2D eigenvalue weighted by Crippen LogP contribution is 2.40. The van der Waals surface area contributed by atoms with Crippen LogP contribution >= 0.6 is 0 Å². The first kappa shape index (κ1) is 11.3. The monoisotopic (exact) mass is 218 g/mol. The number of hydrogen-bond acceptors (Lipinski definition) is 5. The Balaban J connectivity index is 2.26. The molecule has 0 aromatic heterocycles. The minimum atomic E-state index is -0.713. The number of fused-ring (bicyclic) bond motifs is 2. The molecule has 15 heavy (non-hydrogen) atoms. The molecule has 0 aromatic rings. The van der Waals surface area contributed by atoms with Gasteiger partial charge in [0.25, 0.3) is 0 Å². The maximum atomic E-state index is 5.77. The minimum Gasteiger partial charge on any atom is -0.376 e. The van der Waals surface area contributed by atoms with Gasteiger partial charge >= 0.3 is 0 Å². The SMILES string of the molecule is CO[C@@H]1[C@H](OC)[C@@H](OC)[C@@]2(C)OC[C@H]1O2. The molecule has 2 fully saturated rings. The highest BCUT2D eigenvalue weighted by atomic mass is 16.8. The fourth-order valence-electron chi connectivity index (χ4n) is 2.50. The van der Waals surface area contributed by atoms with Crippen molar-refractivity contribution in [1.29, 1.82) is 0 Å². The van der Waals surface area contributed by atoms with E-state index in [9.17, 15) is 0 Å². The van der Waals surface area contributed by atoms with Crippen LogP contribution in [0, 0.1) is 0 Å². The van der Waals surface area contributed by atoms with Crippen LogP contribution in [0.2, 0.25) is 0 Å². The highest BCUT2D eigenvalue weighted by molar-refractivity contribution is 5.01. The van der Waals surface area contributed by atoms with Crippen LogP contribution in [0.1, 0.15) is 6.92 Å². The van der Waals surface area contributed by atoms with E-state index < -0.39 is 5.79 Å². The predicted octanol–water partition coefficient (Wildman–Crippen LogP) is 0.177. The fraction of sp³-hybridized carbons (Fsp3) is 1.00. The van der Waals surface area contributed by atoms with Gasteiger partial charge in [-0.15, -0.1) is 0 Å². The smallest absolute Gasteiger partial charge is 0.195 e. The number of methoxy groups -OCH3 is 3. The van der Waals surface area contributed by atoms with Crippen molar-refractivity contribution in [2.24, 2.45) is 0 Å². The summed E-state index contributed by atoms with van der Waals surface area (Å²) in [4.78, 5) is 0. The van der Waals surface area contributed by atoms with E-state index in [1.807, 2.05) is 6.92 Å². The van der Waals surface area contributed by atoms with Gasteiger partial charge in [0, 0.05) is 21.3 Å². The summed E-state index contributed by atoms with van der Waals surface area (Å²) in [7, 11) is 4.92. The Morgan fingerprint density at radius 1 is 1.07 bits per heavy atom. The van der Waals surface area contributed by atoms with E-state index in [-0.39, 0.29) is 24.4 Å². The first-order valence-corrected chi connectivity index (χ1v) is 5.06. The summed E-state index contributed by atoms with van der Waals surface area (Å²) in [5.41, 5.74) is 0. The van der Waals surface area contributed by atoms with Crippen LogP contribution in [0.25, 0.3) is 0 Å². The molecule has 5 nitrogen and oxygen atoms in total. The Labute approximate surface area is 89.6 Å². The van der Waals surface area contributed by atoms with Gasteiger partial charge in [0.1, 0.15) is 24.4 Å². The van der Waals surface area contributed by atoms with E-state index in [4.69, 9.17) is 23.7 Å². The van der Waals surface area contributed by atoms with Crippen molar-refractivity contribution in [3.05, 3.63) is 0 Å². The van der Waals surface area contributed by atoms with E-state index >= 15 is 0 Å². The number of hydrogen-bond donors (Lipinski definition) is 0. The lowest BCUT2D eigenvalue weighted by atomic mass is 9.95. The summed E-state index contributed by atoms with van der Waals surface area (Å²) in [5.74, 6) is -0.713. The Morgan fingerprint density at radius 2 is 1.73 bits per heavy atom. The summed E-state index contributed by atoms with van der Waals surface area (Å²) in [6.45, 7) is 2.40. The van der Waals surface area contributed by atoms with Gasteiger partial charge in [-0.2, -0.15) is 0 Å². The lowest BCUT2D eigenvalue weighted by Gasteiger charge is -2.43. The zero-order valence-corrected chi connectivity index (χ0v) is 9.56. The molecule has 2 bridgehead atoms. The minimum absolute atomic E-state index is 0.0728. The van der Waals surface area contributed by atoms with Crippen molar-refractivity contribution < 1.29 is 23.7 Å². The molecule has 0 aliphatic carbocycles. The van der Waals surface area contributed by atoms with Crippen molar-refractivity contribution in [1.82, 2.24) is 0 Å².